The van der Waals surface area contributed by atoms with Gasteiger partial charge in [0.2, 0.25) is 0 Å². The number of aryl methyl sites for hydroxylation is 2. The van der Waals surface area contributed by atoms with E-state index in [9.17, 15) is 0 Å². The summed E-state index contributed by atoms with van der Waals surface area (Å²) < 4.78 is 0. The summed E-state index contributed by atoms with van der Waals surface area (Å²) in [4.78, 5) is 17.1. The quantitative estimate of drug-likeness (QED) is 0.590. The lowest BCUT2D eigenvalue weighted by Crippen LogP contribution is -2.38. The highest BCUT2D eigenvalue weighted by Gasteiger charge is 2.12. The summed E-state index contributed by atoms with van der Waals surface area (Å²) in [5.41, 5.74) is 2.36. The van der Waals surface area contributed by atoms with Crippen LogP contribution in [0, 0.1) is 13.8 Å². The Balaban J connectivity index is 1.47. The molecule has 3 rings (SSSR count). The van der Waals surface area contributed by atoms with Gasteiger partial charge in [-0.2, -0.15) is 0 Å². The van der Waals surface area contributed by atoms with Crippen LogP contribution in [0.1, 0.15) is 40.4 Å². The van der Waals surface area contributed by atoms with Crippen LogP contribution in [-0.4, -0.2) is 42.6 Å². The number of aliphatic imine (C=N–C) groups is 1. The molecule has 2 aromatic heterocycles. The molecule has 1 aliphatic heterocycles. The Morgan fingerprint density at radius 1 is 1.22 bits per heavy atom. The third-order valence-electron chi connectivity index (χ3n) is 4.88. The zero-order valence-corrected chi connectivity index (χ0v) is 17.4. The van der Waals surface area contributed by atoms with Crippen molar-refractivity contribution in [3.05, 3.63) is 39.5 Å². The molecule has 6 nitrogen and oxygen atoms in total. The maximum absolute atomic E-state index is 4.59. The van der Waals surface area contributed by atoms with E-state index in [0.29, 0.717) is 0 Å². The van der Waals surface area contributed by atoms with Crippen molar-refractivity contribution in [1.29, 1.82) is 0 Å². The van der Waals surface area contributed by atoms with E-state index in [-0.39, 0.29) is 0 Å². The third kappa shape index (κ3) is 5.66. The molecule has 0 saturated carbocycles. The monoisotopic (exact) mass is 386 g/mol. The maximum Gasteiger partial charge on any atom is 0.191 e. The summed E-state index contributed by atoms with van der Waals surface area (Å²) in [6, 6.07) is 4.25. The minimum atomic E-state index is 0.735. The molecule has 2 aromatic rings. The SMILES string of the molecule is CN=C(NCCc1nc(C)c(C)s1)NCc1ccnc(N2CCCCC2)c1. The number of nitrogens with zero attached hydrogens (tertiary/aromatic N) is 4. The van der Waals surface area contributed by atoms with E-state index >= 15 is 0 Å². The van der Waals surface area contributed by atoms with Gasteiger partial charge in [0.15, 0.2) is 5.96 Å². The predicted octanol–water partition coefficient (Wildman–Crippen LogP) is 3.05. The fourth-order valence-corrected chi connectivity index (χ4v) is 4.14. The lowest BCUT2D eigenvalue weighted by Gasteiger charge is -2.28. The molecule has 7 heteroatoms. The van der Waals surface area contributed by atoms with Crippen LogP contribution in [0.2, 0.25) is 0 Å². The van der Waals surface area contributed by atoms with Gasteiger partial charge < -0.3 is 15.5 Å². The standard InChI is InChI=1S/C20H30N6S/c1-15-16(2)27-19(25-15)8-10-23-20(21-3)24-14-17-7-9-22-18(13-17)26-11-5-4-6-12-26/h7,9,13H,4-6,8,10-12,14H2,1-3H3,(H2,21,23,24). The third-order valence-corrected chi connectivity index (χ3v) is 6.01. The molecule has 1 saturated heterocycles. The molecule has 0 radical (unpaired) electrons. The van der Waals surface area contributed by atoms with Gasteiger partial charge >= 0.3 is 0 Å². The van der Waals surface area contributed by atoms with E-state index in [2.05, 4.69) is 56.5 Å². The Kier molecular flexibility index (Phi) is 7.04. The average Bonchev–Trinajstić information content (AvgIpc) is 3.03. The number of rotatable bonds is 6. The van der Waals surface area contributed by atoms with Gasteiger partial charge in [-0.1, -0.05) is 0 Å². The van der Waals surface area contributed by atoms with Crippen molar-refractivity contribution >= 4 is 23.1 Å². The van der Waals surface area contributed by atoms with Crippen LogP contribution in [0.5, 0.6) is 0 Å². The van der Waals surface area contributed by atoms with E-state index in [1.807, 2.05) is 6.20 Å². The van der Waals surface area contributed by atoms with Crippen molar-refractivity contribution in [3.63, 3.8) is 0 Å². The van der Waals surface area contributed by atoms with Gasteiger partial charge in [-0.3, -0.25) is 4.99 Å². The minimum absolute atomic E-state index is 0.735. The predicted molar refractivity (Wildman–Crippen MR) is 114 cm³/mol. The van der Waals surface area contributed by atoms with Crippen molar-refractivity contribution in [2.24, 2.45) is 4.99 Å². The molecule has 0 aromatic carbocycles. The second kappa shape index (κ2) is 9.69. The van der Waals surface area contributed by atoms with Crippen molar-refractivity contribution in [2.75, 3.05) is 31.6 Å². The lowest BCUT2D eigenvalue weighted by molar-refractivity contribution is 0.573. The first-order valence-corrected chi connectivity index (χ1v) is 10.5. The van der Waals surface area contributed by atoms with Gasteiger partial charge in [0, 0.05) is 50.7 Å². The molecule has 1 fully saturated rings. The molecule has 27 heavy (non-hydrogen) atoms. The molecule has 146 valence electrons. The van der Waals surface area contributed by atoms with E-state index in [1.165, 1.54) is 34.7 Å². The van der Waals surface area contributed by atoms with Crippen molar-refractivity contribution in [2.45, 2.75) is 46.1 Å². The first kappa shape index (κ1) is 19.6. The van der Waals surface area contributed by atoms with E-state index in [1.54, 1.807) is 18.4 Å². The highest BCUT2D eigenvalue weighted by atomic mass is 32.1. The van der Waals surface area contributed by atoms with E-state index in [0.717, 1.165) is 50.1 Å². The van der Waals surface area contributed by atoms with Crippen molar-refractivity contribution in [1.82, 2.24) is 20.6 Å². The fraction of sp³-hybridized carbons (Fsp3) is 0.550. The summed E-state index contributed by atoms with van der Waals surface area (Å²) in [5.74, 6) is 1.91. The summed E-state index contributed by atoms with van der Waals surface area (Å²) in [6.07, 6.45) is 6.68. The number of aromatic nitrogens is 2. The van der Waals surface area contributed by atoms with Crippen LogP contribution in [0.25, 0.3) is 0 Å². The first-order valence-electron chi connectivity index (χ1n) is 9.73. The number of hydrogen-bond donors (Lipinski definition) is 2. The number of pyridine rings is 1. The van der Waals surface area contributed by atoms with Crippen LogP contribution >= 0.6 is 11.3 Å². The topological polar surface area (TPSA) is 65.4 Å². The van der Waals surface area contributed by atoms with Crippen LogP contribution in [-0.2, 0) is 13.0 Å². The first-order chi connectivity index (χ1) is 13.2. The molecule has 0 unspecified atom stereocenters. The zero-order valence-electron chi connectivity index (χ0n) is 16.6. The number of nitrogens with one attached hydrogen (secondary N) is 2. The van der Waals surface area contributed by atoms with Crippen LogP contribution in [0.3, 0.4) is 0 Å². The Morgan fingerprint density at radius 3 is 2.74 bits per heavy atom. The maximum atomic E-state index is 4.59. The van der Waals surface area contributed by atoms with Gasteiger partial charge in [0.1, 0.15) is 5.82 Å². The summed E-state index contributed by atoms with van der Waals surface area (Å²) in [5, 5.41) is 7.94. The van der Waals surface area contributed by atoms with Gasteiger partial charge in [0.05, 0.1) is 10.7 Å². The van der Waals surface area contributed by atoms with Crippen LogP contribution in [0.4, 0.5) is 5.82 Å². The largest absolute Gasteiger partial charge is 0.357 e. The van der Waals surface area contributed by atoms with Crippen molar-refractivity contribution < 1.29 is 0 Å². The van der Waals surface area contributed by atoms with Crippen LogP contribution < -0.4 is 15.5 Å². The van der Waals surface area contributed by atoms with Crippen LogP contribution in [0.15, 0.2) is 23.3 Å². The molecule has 3 heterocycles. The van der Waals surface area contributed by atoms with E-state index < -0.39 is 0 Å². The Morgan fingerprint density at radius 2 is 2.04 bits per heavy atom. The second-order valence-electron chi connectivity index (χ2n) is 6.92. The molecule has 2 N–H and O–H groups in total. The molecular formula is C20H30N6S. The average molecular weight is 387 g/mol. The van der Waals surface area contributed by atoms with E-state index in [4.69, 9.17) is 0 Å². The number of piperidine rings is 1. The molecule has 0 atom stereocenters. The van der Waals surface area contributed by atoms with Gasteiger partial charge in [-0.05, 0) is 50.8 Å². The number of thiazole rings is 1. The normalized spacial score (nSPS) is 15.1. The highest BCUT2D eigenvalue weighted by molar-refractivity contribution is 7.11. The van der Waals surface area contributed by atoms with Gasteiger partial charge in [0.25, 0.3) is 0 Å². The Hall–Kier alpha value is -2.15. The van der Waals surface area contributed by atoms with Gasteiger partial charge in [-0.25, -0.2) is 9.97 Å². The molecule has 0 amide bonds. The minimum Gasteiger partial charge on any atom is -0.357 e. The summed E-state index contributed by atoms with van der Waals surface area (Å²) in [6.45, 7) is 7.97. The molecule has 0 aliphatic carbocycles. The fourth-order valence-electron chi connectivity index (χ4n) is 3.21. The lowest BCUT2D eigenvalue weighted by atomic mass is 10.1. The molecule has 0 bridgehead atoms. The smallest absolute Gasteiger partial charge is 0.191 e. The molecule has 1 aliphatic rings. The summed E-state index contributed by atoms with van der Waals surface area (Å²) in [7, 11) is 1.80. The van der Waals surface area contributed by atoms with Gasteiger partial charge in [-0.15, -0.1) is 11.3 Å². The molecule has 0 spiro atoms. The highest BCUT2D eigenvalue weighted by Crippen LogP contribution is 2.18. The molecular weight excluding hydrogens is 356 g/mol. The number of hydrogen-bond acceptors (Lipinski definition) is 5. The number of guanidine groups is 1. The number of anilines is 1. The Labute approximate surface area is 166 Å². The summed E-state index contributed by atoms with van der Waals surface area (Å²) >= 11 is 1.78. The zero-order chi connectivity index (χ0) is 19.1. The Bertz CT molecular complexity index is 744. The second-order valence-corrected chi connectivity index (χ2v) is 8.21. The van der Waals surface area contributed by atoms with Crippen molar-refractivity contribution in [3.8, 4) is 0 Å².